The van der Waals surface area contributed by atoms with Crippen LogP contribution in [0.3, 0.4) is 0 Å². The van der Waals surface area contributed by atoms with E-state index >= 15 is 0 Å². The van der Waals surface area contributed by atoms with Crippen molar-refractivity contribution in [1.82, 2.24) is 0 Å². The Morgan fingerprint density at radius 2 is 1.86 bits per heavy atom. The molecule has 0 atom stereocenters. The van der Waals surface area contributed by atoms with Crippen LogP contribution in [0.5, 0.6) is 0 Å². The minimum absolute atomic E-state index is 0.0868. The van der Waals surface area contributed by atoms with E-state index in [0.29, 0.717) is 12.0 Å². The van der Waals surface area contributed by atoms with Crippen LogP contribution in [-0.4, -0.2) is 6.04 Å². The van der Waals surface area contributed by atoms with Crippen LogP contribution in [-0.2, 0) is 0 Å². The number of nitrogens with zero attached hydrogens (tertiary/aromatic N) is 1. The number of benzene rings is 2. The molecule has 0 saturated heterocycles. The van der Waals surface area contributed by atoms with Crippen LogP contribution in [0.1, 0.15) is 29.9 Å². The summed E-state index contributed by atoms with van der Waals surface area (Å²) in [5.74, 6) is 0.107. The zero-order valence-electron chi connectivity index (χ0n) is 11.3. The summed E-state index contributed by atoms with van der Waals surface area (Å²) in [6.07, 6.45) is 2.11. The Kier molecular flexibility index (Phi) is 3.94. The first-order valence-electron chi connectivity index (χ1n) is 6.87. The van der Waals surface area contributed by atoms with Gasteiger partial charge < -0.3 is 5.32 Å². The number of nitriles is 1. The van der Waals surface area contributed by atoms with Crippen molar-refractivity contribution in [2.45, 2.75) is 24.8 Å². The second-order valence-electron chi connectivity index (χ2n) is 5.37. The fourth-order valence-electron chi connectivity index (χ4n) is 2.68. The molecule has 1 aliphatic rings. The number of halogens is 2. The summed E-state index contributed by atoms with van der Waals surface area (Å²) in [7, 11) is 0. The normalized spacial score (nSPS) is 20.4. The molecule has 0 heterocycles. The van der Waals surface area contributed by atoms with Crippen molar-refractivity contribution < 1.29 is 4.39 Å². The lowest BCUT2D eigenvalue weighted by Gasteiger charge is -2.37. The minimum Gasteiger partial charge on any atom is -0.382 e. The van der Waals surface area contributed by atoms with E-state index in [1.807, 2.05) is 6.07 Å². The highest BCUT2D eigenvalue weighted by Gasteiger charge is 2.30. The topological polar surface area (TPSA) is 35.8 Å². The molecule has 0 spiro atoms. The zero-order chi connectivity index (χ0) is 14.8. The summed E-state index contributed by atoms with van der Waals surface area (Å²) in [5, 5.41) is 12.2. The van der Waals surface area contributed by atoms with Crippen molar-refractivity contribution in [3.05, 3.63) is 63.9 Å². The molecule has 2 aromatic rings. The standard InChI is InChI=1S/C17H14BrFN2/c18-14-3-1-11(2-4-14)12-7-16(8-12)21-15-5-6-17(19)13(9-15)10-20/h1-6,9,12,16,21H,7-8H2. The molecular formula is C17H14BrFN2. The minimum atomic E-state index is -0.468. The molecule has 0 amide bonds. The molecule has 2 aromatic carbocycles. The number of hydrogen-bond acceptors (Lipinski definition) is 2. The van der Waals surface area contributed by atoms with Gasteiger partial charge in [0.15, 0.2) is 0 Å². The molecule has 1 N–H and O–H groups in total. The highest BCUT2D eigenvalue weighted by atomic mass is 79.9. The van der Waals surface area contributed by atoms with Crippen molar-refractivity contribution in [3.63, 3.8) is 0 Å². The molecule has 0 aromatic heterocycles. The quantitative estimate of drug-likeness (QED) is 0.866. The molecule has 1 fully saturated rings. The zero-order valence-corrected chi connectivity index (χ0v) is 12.9. The fraction of sp³-hybridized carbons (Fsp3) is 0.235. The molecule has 21 heavy (non-hydrogen) atoms. The smallest absolute Gasteiger partial charge is 0.141 e. The number of hydrogen-bond donors (Lipinski definition) is 1. The molecule has 106 valence electrons. The average molecular weight is 345 g/mol. The monoisotopic (exact) mass is 344 g/mol. The Morgan fingerprint density at radius 3 is 2.52 bits per heavy atom. The van der Waals surface area contributed by atoms with Crippen LogP contribution in [0, 0.1) is 17.1 Å². The summed E-state index contributed by atoms with van der Waals surface area (Å²) < 4.78 is 14.4. The summed E-state index contributed by atoms with van der Waals surface area (Å²) in [5.41, 5.74) is 2.25. The Morgan fingerprint density at radius 1 is 1.14 bits per heavy atom. The fourth-order valence-corrected chi connectivity index (χ4v) is 2.94. The maximum absolute atomic E-state index is 13.3. The SMILES string of the molecule is N#Cc1cc(NC2CC(c3ccc(Br)cc3)C2)ccc1F. The van der Waals surface area contributed by atoms with Crippen LogP contribution in [0.15, 0.2) is 46.9 Å². The summed E-state index contributed by atoms with van der Waals surface area (Å²) in [6.45, 7) is 0. The highest BCUT2D eigenvalue weighted by molar-refractivity contribution is 9.10. The number of nitrogens with one attached hydrogen (secondary N) is 1. The Hall–Kier alpha value is -1.86. The molecular weight excluding hydrogens is 331 g/mol. The van der Waals surface area contributed by atoms with E-state index in [1.165, 1.54) is 11.6 Å². The third-order valence-electron chi connectivity index (χ3n) is 3.94. The third-order valence-corrected chi connectivity index (χ3v) is 4.47. The maximum atomic E-state index is 13.3. The Bertz CT molecular complexity index is 685. The summed E-state index contributed by atoms with van der Waals surface area (Å²) in [6, 6.07) is 15.3. The predicted molar refractivity (Wildman–Crippen MR) is 84.6 cm³/mol. The van der Waals surface area contributed by atoms with Crippen LogP contribution >= 0.6 is 15.9 Å². The van der Waals surface area contributed by atoms with Gasteiger partial charge in [0.1, 0.15) is 11.9 Å². The van der Waals surface area contributed by atoms with Gasteiger partial charge in [0.25, 0.3) is 0 Å². The van der Waals surface area contributed by atoms with Crippen molar-refractivity contribution in [2.24, 2.45) is 0 Å². The van der Waals surface area contributed by atoms with E-state index in [4.69, 9.17) is 5.26 Å². The first kappa shape index (κ1) is 14.1. The molecule has 0 aliphatic heterocycles. The van der Waals surface area contributed by atoms with E-state index in [1.54, 1.807) is 12.1 Å². The summed E-state index contributed by atoms with van der Waals surface area (Å²) >= 11 is 3.44. The van der Waals surface area contributed by atoms with Crippen LogP contribution in [0.4, 0.5) is 10.1 Å². The van der Waals surface area contributed by atoms with Crippen molar-refractivity contribution in [3.8, 4) is 6.07 Å². The molecule has 0 bridgehead atoms. The second kappa shape index (κ2) is 5.87. The molecule has 1 aliphatic carbocycles. The predicted octanol–water partition coefficient (Wildman–Crippen LogP) is 4.82. The number of rotatable bonds is 3. The Labute approximate surface area is 131 Å². The lowest BCUT2D eigenvalue weighted by Crippen LogP contribution is -2.34. The van der Waals surface area contributed by atoms with Gasteiger partial charge in [0.2, 0.25) is 0 Å². The van der Waals surface area contributed by atoms with E-state index < -0.39 is 5.82 Å². The molecule has 0 radical (unpaired) electrons. The second-order valence-corrected chi connectivity index (χ2v) is 6.28. The van der Waals surface area contributed by atoms with Gasteiger partial charge in [0.05, 0.1) is 5.56 Å². The van der Waals surface area contributed by atoms with Gasteiger partial charge in [-0.25, -0.2) is 4.39 Å². The van der Waals surface area contributed by atoms with Gasteiger partial charge in [-0.1, -0.05) is 28.1 Å². The third kappa shape index (κ3) is 3.08. The van der Waals surface area contributed by atoms with Crippen molar-refractivity contribution >= 4 is 21.6 Å². The van der Waals surface area contributed by atoms with Gasteiger partial charge in [-0.3, -0.25) is 0 Å². The molecule has 1 saturated carbocycles. The van der Waals surface area contributed by atoms with Gasteiger partial charge in [-0.2, -0.15) is 5.26 Å². The van der Waals surface area contributed by atoms with E-state index in [2.05, 4.69) is 45.5 Å². The largest absolute Gasteiger partial charge is 0.382 e. The van der Waals surface area contributed by atoms with E-state index in [-0.39, 0.29) is 5.56 Å². The van der Waals surface area contributed by atoms with E-state index in [9.17, 15) is 4.39 Å². The van der Waals surface area contributed by atoms with Crippen LogP contribution in [0.25, 0.3) is 0 Å². The molecule has 2 nitrogen and oxygen atoms in total. The van der Waals surface area contributed by atoms with Crippen molar-refractivity contribution in [1.29, 1.82) is 5.26 Å². The van der Waals surface area contributed by atoms with Crippen LogP contribution in [0.2, 0.25) is 0 Å². The van der Waals surface area contributed by atoms with Crippen LogP contribution < -0.4 is 5.32 Å². The highest BCUT2D eigenvalue weighted by Crippen LogP contribution is 2.38. The van der Waals surface area contributed by atoms with Gasteiger partial charge in [-0.05, 0) is 54.7 Å². The first-order valence-corrected chi connectivity index (χ1v) is 7.66. The Balaban J connectivity index is 1.60. The average Bonchev–Trinajstić information content (AvgIpc) is 2.45. The number of anilines is 1. The van der Waals surface area contributed by atoms with Gasteiger partial charge in [0, 0.05) is 16.2 Å². The molecule has 3 rings (SSSR count). The lowest BCUT2D eigenvalue weighted by molar-refractivity contribution is 0.374. The van der Waals surface area contributed by atoms with Gasteiger partial charge >= 0.3 is 0 Å². The van der Waals surface area contributed by atoms with E-state index in [0.717, 1.165) is 23.0 Å². The van der Waals surface area contributed by atoms with Crippen molar-refractivity contribution in [2.75, 3.05) is 5.32 Å². The summed E-state index contributed by atoms with van der Waals surface area (Å²) in [4.78, 5) is 0. The maximum Gasteiger partial charge on any atom is 0.141 e. The molecule has 4 heteroatoms. The lowest BCUT2D eigenvalue weighted by atomic mass is 9.76. The molecule has 0 unspecified atom stereocenters. The van der Waals surface area contributed by atoms with Gasteiger partial charge in [-0.15, -0.1) is 0 Å². The first-order chi connectivity index (χ1) is 10.2.